The topological polar surface area (TPSA) is 62.3 Å². The van der Waals surface area contributed by atoms with Crippen molar-refractivity contribution in [1.82, 2.24) is 9.55 Å². The Kier molecular flexibility index (Phi) is 2.83. The van der Waals surface area contributed by atoms with Crippen LogP contribution in [0.25, 0.3) is 11.0 Å². The van der Waals surface area contributed by atoms with Gasteiger partial charge in [-0.2, -0.15) is 0 Å². The van der Waals surface area contributed by atoms with Gasteiger partial charge in [0.05, 0.1) is 30.8 Å². The van der Waals surface area contributed by atoms with Gasteiger partial charge < -0.3 is 19.8 Å². The van der Waals surface area contributed by atoms with Crippen LogP contribution in [0.3, 0.4) is 0 Å². The summed E-state index contributed by atoms with van der Waals surface area (Å²) in [6.45, 7) is 1.54. The van der Waals surface area contributed by atoms with E-state index in [0.717, 1.165) is 36.2 Å². The number of nitrogens with two attached hydrogens (primary N) is 1. The maximum absolute atomic E-state index is 6.03. The van der Waals surface area contributed by atoms with Crippen molar-refractivity contribution < 1.29 is 9.47 Å². The first kappa shape index (κ1) is 11.3. The zero-order chi connectivity index (χ0) is 12.5. The second kappa shape index (κ2) is 4.49. The summed E-state index contributed by atoms with van der Waals surface area (Å²) in [7, 11) is 1.66. The standard InChI is InChI=1S/C13H17N3O2/c1-17-10-4-5-11-12(7-10)16(13(14)15-11)9-3-2-6-18-8-9/h4-5,7,9H,2-3,6,8H2,1H3,(H2,14,15). The Labute approximate surface area is 106 Å². The highest BCUT2D eigenvalue weighted by Gasteiger charge is 2.20. The van der Waals surface area contributed by atoms with Gasteiger partial charge in [0.1, 0.15) is 5.75 Å². The summed E-state index contributed by atoms with van der Waals surface area (Å²) in [5.41, 5.74) is 7.95. The molecule has 0 amide bonds. The lowest BCUT2D eigenvalue weighted by Crippen LogP contribution is -2.22. The molecule has 1 aliphatic rings. The molecular formula is C13H17N3O2. The number of nitrogen functional groups attached to an aromatic ring is 1. The van der Waals surface area contributed by atoms with Gasteiger partial charge in [-0.15, -0.1) is 0 Å². The molecule has 0 bridgehead atoms. The fraction of sp³-hybridized carbons (Fsp3) is 0.462. The third-order valence-corrected chi connectivity index (χ3v) is 3.43. The van der Waals surface area contributed by atoms with Crippen molar-refractivity contribution in [3.63, 3.8) is 0 Å². The maximum Gasteiger partial charge on any atom is 0.201 e. The number of aromatic nitrogens is 2. The van der Waals surface area contributed by atoms with Crippen molar-refractivity contribution in [3.05, 3.63) is 18.2 Å². The number of benzene rings is 1. The average molecular weight is 247 g/mol. The van der Waals surface area contributed by atoms with Crippen molar-refractivity contribution in [2.24, 2.45) is 0 Å². The van der Waals surface area contributed by atoms with Crippen LogP contribution in [0.5, 0.6) is 5.75 Å². The van der Waals surface area contributed by atoms with E-state index >= 15 is 0 Å². The largest absolute Gasteiger partial charge is 0.497 e. The van der Waals surface area contributed by atoms with E-state index in [4.69, 9.17) is 15.2 Å². The minimum atomic E-state index is 0.274. The Balaban J connectivity index is 2.10. The first-order chi connectivity index (χ1) is 8.79. The van der Waals surface area contributed by atoms with E-state index in [1.165, 1.54) is 0 Å². The lowest BCUT2D eigenvalue weighted by molar-refractivity contribution is 0.0611. The van der Waals surface area contributed by atoms with Crippen LogP contribution in [0, 0.1) is 0 Å². The molecule has 0 spiro atoms. The Bertz CT molecular complexity index is 559. The summed E-state index contributed by atoms with van der Waals surface area (Å²) in [6, 6.07) is 6.09. The quantitative estimate of drug-likeness (QED) is 0.881. The molecule has 2 heterocycles. The van der Waals surface area contributed by atoms with Gasteiger partial charge in [-0.1, -0.05) is 0 Å². The SMILES string of the molecule is COc1ccc2nc(N)n(C3CCCOC3)c2c1. The predicted octanol–water partition coefficient (Wildman–Crippen LogP) is 1.98. The molecule has 1 fully saturated rings. The minimum absolute atomic E-state index is 0.274. The molecule has 2 aromatic rings. The summed E-state index contributed by atoms with van der Waals surface area (Å²) in [4.78, 5) is 4.39. The molecule has 1 aromatic heterocycles. The van der Waals surface area contributed by atoms with Crippen LogP contribution in [0.4, 0.5) is 5.95 Å². The van der Waals surface area contributed by atoms with Crippen molar-refractivity contribution in [3.8, 4) is 5.75 Å². The van der Waals surface area contributed by atoms with Crippen molar-refractivity contribution >= 4 is 17.0 Å². The van der Waals surface area contributed by atoms with E-state index in [-0.39, 0.29) is 6.04 Å². The van der Waals surface area contributed by atoms with Gasteiger partial charge in [-0.25, -0.2) is 4.98 Å². The van der Waals surface area contributed by atoms with Crippen LogP contribution >= 0.6 is 0 Å². The molecule has 1 saturated heterocycles. The Hall–Kier alpha value is -1.75. The number of hydrogen-bond donors (Lipinski definition) is 1. The highest BCUT2D eigenvalue weighted by Crippen LogP contribution is 2.30. The molecular weight excluding hydrogens is 230 g/mol. The summed E-state index contributed by atoms with van der Waals surface area (Å²) in [5.74, 6) is 1.37. The van der Waals surface area contributed by atoms with Gasteiger partial charge in [-0.3, -0.25) is 0 Å². The highest BCUT2D eigenvalue weighted by atomic mass is 16.5. The van der Waals surface area contributed by atoms with Crippen molar-refractivity contribution in [2.75, 3.05) is 26.1 Å². The van der Waals surface area contributed by atoms with Crippen LogP contribution in [0.1, 0.15) is 18.9 Å². The summed E-state index contributed by atoms with van der Waals surface area (Å²) >= 11 is 0. The molecule has 0 saturated carbocycles. The molecule has 1 aliphatic heterocycles. The Morgan fingerprint density at radius 3 is 3.11 bits per heavy atom. The van der Waals surface area contributed by atoms with Gasteiger partial charge in [0.25, 0.3) is 0 Å². The number of hydrogen-bond acceptors (Lipinski definition) is 4. The number of methoxy groups -OCH3 is 1. The van der Waals surface area contributed by atoms with Crippen LogP contribution in [-0.4, -0.2) is 29.9 Å². The molecule has 18 heavy (non-hydrogen) atoms. The smallest absolute Gasteiger partial charge is 0.201 e. The number of nitrogens with zero attached hydrogens (tertiary/aromatic N) is 2. The van der Waals surface area contributed by atoms with E-state index in [0.29, 0.717) is 12.6 Å². The Morgan fingerprint density at radius 1 is 1.50 bits per heavy atom. The second-order valence-electron chi connectivity index (χ2n) is 4.57. The molecule has 1 aromatic carbocycles. The van der Waals surface area contributed by atoms with E-state index in [1.807, 2.05) is 18.2 Å². The number of anilines is 1. The third-order valence-electron chi connectivity index (χ3n) is 3.43. The zero-order valence-electron chi connectivity index (χ0n) is 10.4. The molecule has 96 valence electrons. The van der Waals surface area contributed by atoms with Crippen LogP contribution < -0.4 is 10.5 Å². The number of ether oxygens (including phenoxy) is 2. The first-order valence-electron chi connectivity index (χ1n) is 6.19. The molecule has 5 nitrogen and oxygen atoms in total. The van der Waals surface area contributed by atoms with E-state index in [2.05, 4.69) is 9.55 Å². The van der Waals surface area contributed by atoms with Crippen LogP contribution in [0.2, 0.25) is 0 Å². The fourth-order valence-corrected chi connectivity index (χ4v) is 2.53. The third kappa shape index (κ3) is 1.80. The zero-order valence-corrected chi connectivity index (χ0v) is 10.4. The average Bonchev–Trinajstić information content (AvgIpc) is 2.74. The normalized spacial score (nSPS) is 20.2. The van der Waals surface area contributed by atoms with Gasteiger partial charge in [0.15, 0.2) is 0 Å². The van der Waals surface area contributed by atoms with E-state index < -0.39 is 0 Å². The predicted molar refractivity (Wildman–Crippen MR) is 69.8 cm³/mol. The number of rotatable bonds is 2. The highest BCUT2D eigenvalue weighted by molar-refractivity contribution is 5.80. The fourth-order valence-electron chi connectivity index (χ4n) is 2.53. The molecule has 1 atom stereocenters. The molecule has 5 heteroatoms. The van der Waals surface area contributed by atoms with E-state index in [9.17, 15) is 0 Å². The Morgan fingerprint density at radius 2 is 2.39 bits per heavy atom. The van der Waals surface area contributed by atoms with Gasteiger partial charge in [-0.05, 0) is 25.0 Å². The molecule has 0 radical (unpaired) electrons. The molecule has 0 aliphatic carbocycles. The van der Waals surface area contributed by atoms with Gasteiger partial charge in [0, 0.05) is 12.7 Å². The second-order valence-corrected chi connectivity index (χ2v) is 4.57. The minimum Gasteiger partial charge on any atom is -0.497 e. The maximum atomic E-state index is 6.03. The van der Waals surface area contributed by atoms with Crippen molar-refractivity contribution in [2.45, 2.75) is 18.9 Å². The van der Waals surface area contributed by atoms with E-state index in [1.54, 1.807) is 7.11 Å². The number of imidazole rings is 1. The summed E-state index contributed by atoms with van der Waals surface area (Å²) in [6.07, 6.45) is 2.14. The summed E-state index contributed by atoms with van der Waals surface area (Å²) in [5, 5.41) is 0. The molecule has 2 N–H and O–H groups in total. The number of fused-ring (bicyclic) bond motifs is 1. The van der Waals surface area contributed by atoms with Gasteiger partial charge in [0.2, 0.25) is 5.95 Å². The van der Waals surface area contributed by atoms with Crippen molar-refractivity contribution in [1.29, 1.82) is 0 Å². The summed E-state index contributed by atoms with van der Waals surface area (Å²) < 4.78 is 12.9. The first-order valence-corrected chi connectivity index (χ1v) is 6.19. The van der Waals surface area contributed by atoms with Crippen LogP contribution in [-0.2, 0) is 4.74 Å². The van der Waals surface area contributed by atoms with Gasteiger partial charge >= 0.3 is 0 Å². The monoisotopic (exact) mass is 247 g/mol. The lowest BCUT2D eigenvalue weighted by atomic mass is 10.1. The molecule has 3 rings (SSSR count). The lowest BCUT2D eigenvalue weighted by Gasteiger charge is -2.24. The van der Waals surface area contributed by atoms with Crippen LogP contribution in [0.15, 0.2) is 18.2 Å². The molecule has 1 unspecified atom stereocenters.